The standard InChI is InChI=1S/C3H9N.ClH/c1-2-3-4;/h2-4H2,1H3;1H/i1D3,2D2;. The van der Waals surface area contributed by atoms with E-state index in [2.05, 4.69) is 0 Å². The van der Waals surface area contributed by atoms with Crippen LogP contribution in [0.5, 0.6) is 0 Å². The van der Waals surface area contributed by atoms with E-state index < -0.39 is 19.8 Å². The van der Waals surface area contributed by atoms with Crippen molar-refractivity contribution in [2.24, 2.45) is 5.73 Å². The van der Waals surface area contributed by atoms with Gasteiger partial charge < -0.3 is 5.73 Å². The van der Waals surface area contributed by atoms with Crippen molar-refractivity contribution in [2.75, 3.05) is 6.54 Å². The highest BCUT2D eigenvalue weighted by molar-refractivity contribution is 5.85. The summed E-state index contributed by atoms with van der Waals surface area (Å²) >= 11 is 0. The molecule has 0 aliphatic heterocycles. The molecule has 0 aliphatic rings. The zero-order valence-corrected chi connectivity index (χ0v) is 3.51. The van der Waals surface area contributed by atoms with Crippen LogP contribution in [0.2, 0.25) is 0 Å². The summed E-state index contributed by atoms with van der Waals surface area (Å²) < 4.78 is 33.4. The van der Waals surface area contributed by atoms with Gasteiger partial charge in [0.15, 0.2) is 0 Å². The molecule has 0 rings (SSSR count). The van der Waals surface area contributed by atoms with Gasteiger partial charge in [0.05, 0.1) is 0 Å². The van der Waals surface area contributed by atoms with Crippen molar-refractivity contribution in [3.8, 4) is 0 Å². The first-order chi connectivity index (χ1) is 3.81. The molecule has 2 N–H and O–H groups in total. The molecule has 1 nitrogen and oxygen atoms in total. The lowest BCUT2D eigenvalue weighted by Crippen LogP contribution is -1.93. The van der Waals surface area contributed by atoms with Gasteiger partial charge in [0.25, 0.3) is 0 Å². The third-order valence-electron chi connectivity index (χ3n) is 0.102. The second-order valence-electron chi connectivity index (χ2n) is 0.381. The number of hydrogen-bond acceptors (Lipinski definition) is 1. The number of rotatable bonds is 1. The maximum Gasteiger partial charge on any atom is 0.0277 e. The Balaban J connectivity index is 0. The summed E-state index contributed by atoms with van der Waals surface area (Å²) in [6.07, 6.45) is -2.24. The van der Waals surface area contributed by atoms with Crippen LogP contribution in [-0.2, 0) is 0 Å². The second kappa shape index (κ2) is 8.87. The summed E-state index contributed by atoms with van der Waals surface area (Å²) in [5.41, 5.74) is 4.86. The van der Waals surface area contributed by atoms with Gasteiger partial charge in [-0.1, -0.05) is 6.85 Å². The fourth-order valence-electron chi connectivity index (χ4n) is 0. The van der Waals surface area contributed by atoms with Crippen LogP contribution in [0.25, 0.3) is 0 Å². The van der Waals surface area contributed by atoms with Gasteiger partial charge in [0, 0.05) is 6.85 Å². The largest absolute Gasteiger partial charge is 0.330 e. The van der Waals surface area contributed by atoms with Crippen molar-refractivity contribution in [2.45, 2.75) is 13.2 Å². The van der Waals surface area contributed by atoms with Crippen LogP contribution in [0.3, 0.4) is 0 Å². The topological polar surface area (TPSA) is 26.0 Å². The fourth-order valence-corrected chi connectivity index (χ4v) is 0. The van der Waals surface area contributed by atoms with Crippen LogP contribution in [-0.4, -0.2) is 6.54 Å². The minimum atomic E-state index is -2.60. The van der Waals surface area contributed by atoms with Gasteiger partial charge in [-0.15, -0.1) is 12.4 Å². The van der Waals surface area contributed by atoms with E-state index in [-0.39, 0.29) is 12.4 Å². The summed E-state index contributed by atoms with van der Waals surface area (Å²) in [6, 6.07) is 0. The van der Waals surface area contributed by atoms with Gasteiger partial charge in [0.1, 0.15) is 0 Å². The third kappa shape index (κ3) is 13.8. The molecule has 5 heavy (non-hydrogen) atoms. The van der Waals surface area contributed by atoms with E-state index in [1.165, 1.54) is 0 Å². The number of halogens is 1. The molecule has 0 fully saturated rings. The van der Waals surface area contributed by atoms with Crippen LogP contribution in [0.15, 0.2) is 0 Å². The SMILES string of the molecule is Cl.[2H]C([2H])([2H])C([2H])([2H])CN. The Labute approximate surface area is 46.0 Å². The van der Waals surface area contributed by atoms with E-state index in [9.17, 15) is 0 Å². The molecule has 34 valence electrons. The lowest BCUT2D eigenvalue weighted by Gasteiger charge is -1.70. The highest BCUT2D eigenvalue weighted by Gasteiger charge is 1.55. The van der Waals surface area contributed by atoms with Crippen molar-refractivity contribution >= 4 is 12.4 Å². The molecule has 0 bridgehead atoms. The van der Waals surface area contributed by atoms with Crippen LogP contribution >= 0.6 is 12.4 Å². The Morgan fingerprint density at radius 1 is 2.20 bits per heavy atom. The molecule has 0 amide bonds. The van der Waals surface area contributed by atoms with Crippen molar-refractivity contribution in [3.05, 3.63) is 0 Å². The van der Waals surface area contributed by atoms with Crippen molar-refractivity contribution in [1.82, 2.24) is 0 Å². The summed E-state index contributed by atoms with van der Waals surface area (Å²) in [7, 11) is 0. The van der Waals surface area contributed by atoms with Crippen LogP contribution in [0.4, 0.5) is 0 Å². The molecule has 0 saturated heterocycles. The van der Waals surface area contributed by atoms with Crippen LogP contribution in [0, 0.1) is 0 Å². The molecule has 0 atom stereocenters. The lowest BCUT2D eigenvalue weighted by atomic mass is 10.5. The van der Waals surface area contributed by atoms with Gasteiger partial charge in [-0.2, -0.15) is 0 Å². The molecular weight excluding hydrogens is 85.5 g/mol. The van der Waals surface area contributed by atoms with Gasteiger partial charge in [-0.05, 0) is 12.9 Å². The van der Waals surface area contributed by atoms with E-state index in [1.807, 2.05) is 0 Å². The van der Waals surface area contributed by atoms with Gasteiger partial charge in [-0.3, -0.25) is 0 Å². The molecule has 0 saturated carbocycles. The molecule has 0 spiro atoms. The highest BCUT2D eigenvalue weighted by atomic mass is 35.5. The molecule has 2 heteroatoms. The molecule has 0 heterocycles. The Hall–Kier alpha value is 0.250. The van der Waals surface area contributed by atoms with Crippen LogP contribution < -0.4 is 5.73 Å². The van der Waals surface area contributed by atoms with E-state index in [4.69, 9.17) is 12.6 Å². The normalized spacial score (nSPS) is 26.2. The fraction of sp³-hybridized carbons (Fsp3) is 1.00. The van der Waals surface area contributed by atoms with Gasteiger partial charge >= 0.3 is 0 Å². The Kier molecular flexibility index (Phi) is 2.47. The quantitative estimate of drug-likeness (QED) is 0.518. The van der Waals surface area contributed by atoms with Crippen LogP contribution in [0.1, 0.15) is 20.1 Å². The molecule has 0 aromatic rings. The van der Waals surface area contributed by atoms with E-state index >= 15 is 0 Å². The van der Waals surface area contributed by atoms with E-state index in [1.54, 1.807) is 0 Å². The second-order valence-corrected chi connectivity index (χ2v) is 0.381. The molecule has 0 aromatic heterocycles. The monoisotopic (exact) mass is 100 g/mol. The zero-order chi connectivity index (χ0) is 7.71. The summed E-state index contributed by atoms with van der Waals surface area (Å²) in [4.78, 5) is 0. The maximum absolute atomic E-state index is 6.81. The average molecular weight is 101 g/mol. The van der Waals surface area contributed by atoms with Crippen molar-refractivity contribution < 1.29 is 6.85 Å². The number of nitrogens with two attached hydrogens (primary N) is 1. The van der Waals surface area contributed by atoms with Gasteiger partial charge in [0.2, 0.25) is 0 Å². The molecule has 0 aromatic carbocycles. The molecular formula is C3H10ClN. The molecule has 0 unspecified atom stereocenters. The Morgan fingerprint density at radius 2 is 2.80 bits per heavy atom. The first-order valence-corrected chi connectivity index (χ1v) is 1.01. The number of hydrogen-bond donors (Lipinski definition) is 1. The Morgan fingerprint density at radius 3 is 2.80 bits per heavy atom. The molecule has 0 radical (unpaired) electrons. The van der Waals surface area contributed by atoms with Crippen molar-refractivity contribution in [3.63, 3.8) is 0 Å². The summed E-state index contributed by atoms with van der Waals surface area (Å²) in [5, 5.41) is 0. The first kappa shape index (κ1) is 1.39. The van der Waals surface area contributed by atoms with E-state index in [0.717, 1.165) is 0 Å². The summed E-state index contributed by atoms with van der Waals surface area (Å²) in [5.74, 6) is 0. The first-order valence-electron chi connectivity index (χ1n) is 3.51. The third-order valence-corrected chi connectivity index (χ3v) is 0.102. The minimum Gasteiger partial charge on any atom is -0.330 e. The Bertz CT molecular complexity index is 99.6. The average Bonchev–Trinajstić information content (AvgIpc) is 1.64. The van der Waals surface area contributed by atoms with Gasteiger partial charge in [-0.25, -0.2) is 0 Å². The minimum absolute atomic E-state index is 0. The summed E-state index contributed by atoms with van der Waals surface area (Å²) in [6.45, 7) is -3.06. The smallest absolute Gasteiger partial charge is 0.0277 e. The highest BCUT2D eigenvalue weighted by Crippen LogP contribution is 1.57. The predicted molar refractivity (Wildman–Crippen MR) is 26.6 cm³/mol. The van der Waals surface area contributed by atoms with Crippen molar-refractivity contribution in [1.29, 1.82) is 0 Å². The van der Waals surface area contributed by atoms with E-state index in [0.29, 0.717) is 0 Å². The predicted octanol–water partition coefficient (Wildman–Crippen LogP) is 0.777. The molecule has 0 aliphatic carbocycles. The maximum atomic E-state index is 6.81. The lowest BCUT2D eigenvalue weighted by molar-refractivity contribution is 0.932. The zero-order valence-electron chi connectivity index (χ0n) is 7.69.